The highest BCUT2D eigenvalue weighted by atomic mass is 32.1. The Morgan fingerprint density at radius 1 is 1.22 bits per heavy atom. The SMILES string of the molecule is CC(C)(C)c1csc(NC(=O)c2ccc(-n3cccn3)cc2)n1. The molecule has 0 spiro atoms. The number of benzene rings is 1. The van der Waals surface area contributed by atoms with Crippen LogP contribution in [0.1, 0.15) is 36.8 Å². The molecule has 0 radical (unpaired) electrons. The maximum Gasteiger partial charge on any atom is 0.257 e. The van der Waals surface area contributed by atoms with Crippen molar-refractivity contribution in [3.8, 4) is 5.69 Å². The quantitative estimate of drug-likeness (QED) is 0.794. The summed E-state index contributed by atoms with van der Waals surface area (Å²) in [4.78, 5) is 16.8. The Kier molecular flexibility index (Phi) is 4.00. The molecule has 0 fully saturated rings. The van der Waals surface area contributed by atoms with Gasteiger partial charge in [0.2, 0.25) is 0 Å². The first kappa shape index (κ1) is 15.4. The summed E-state index contributed by atoms with van der Waals surface area (Å²) in [5, 5.41) is 9.62. The van der Waals surface area contributed by atoms with E-state index in [1.165, 1.54) is 11.3 Å². The van der Waals surface area contributed by atoms with Crippen LogP contribution in [0.3, 0.4) is 0 Å². The molecule has 3 aromatic rings. The van der Waals surface area contributed by atoms with Gasteiger partial charge < -0.3 is 0 Å². The van der Waals surface area contributed by atoms with Crippen molar-refractivity contribution < 1.29 is 4.79 Å². The highest BCUT2D eigenvalue weighted by Gasteiger charge is 2.18. The molecular formula is C17H18N4OS. The van der Waals surface area contributed by atoms with Crippen LogP contribution in [-0.2, 0) is 5.41 Å². The summed E-state index contributed by atoms with van der Waals surface area (Å²) in [6.45, 7) is 6.30. The topological polar surface area (TPSA) is 59.8 Å². The van der Waals surface area contributed by atoms with Gasteiger partial charge >= 0.3 is 0 Å². The maximum absolute atomic E-state index is 12.3. The lowest BCUT2D eigenvalue weighted by atomic mass is 9.93. The second-order valence-corrected chi connectivity index (χ2v) is 7.10. The van der Waals surface area contributed by atoms with Gasteiger partial charge in [-0.25, -0.2) is 9.67 Å². The van der Waals surface area contributed by atoms with E-state index < -0.39 is 0 Å². The van der Waals surface area contributed by atoms with E-state index in [0.29, 0.717) is 10.7 Å². The molecule has 5 nitrogen and oxygen atoms in total. The van der Waals surface area contributed by atoms with Gasteiger partial charge in [0.05, 0.1) is 11.4 Å². The van der Waals surface area contributed by atoms with E-state index in [-0.39, 0.29) is 11.3 Å². The van der Waals surface area contributed by atoms with Crippen molar-refractivity contribution >= 4 is 22.4 Å². The molecule has 0 saturated carbocycles. The maximum atomic E-state index is 12.3. The van der Waals surface area contributed by atoms with E-state index in [1.807, 2.05) is 29.8 Å². The molecule has 0 atom stereocenters. The molecule has 6 heteroatoms. The fraction of sp³-hybridized carbons (Fsp3) is 0.235. The van der Waals surface area contributed by atoms with Gasteiger partial charge in [-0.3, -0.25) is 10.1 Å². The van der Waals surface area contributed by atoms with Crippen molar-refractivity contribution in [3.63, 3.8) is 0 Å². The molecule has 118 valence electrons. The van der Waals surface area contributed by atoms with Crippen molar-refractivity contribution in [2.75, 3.05) is 5.32 Å². The molecule has 0 aliphatic carbocycles. The smallest absolute Gasteiger partial charge is 0.257 e. The van der Waals surface area contributed by atoms with E-state index in [0.717, 1.165) is 11.4 Å². The first-order valence-corrected chi connectivity index (χ1v) is 8.19. The number of nitrogens with zero attached hydrogens (tertiary/aromatic N) is 3. The fourth-order valence-electron chi connectivity index (χ4n) is 2.03. The Morgan fingerprint density at radius 3 is 2.52 bits per heavy atom. The molecule has 1 amide bonds. The monoisotopic (exact) mass is 326 g/mol. The Balaban J connectivity index is 1.72. The average molecular weight is 326 g/mol. The second kappa shape index (κ2) is 5.96. The Hall–Kier alpha value is -2.47. The zero-order valence-electron chi connectivity index (χ0n) is 13.3. The summed E-state index contributed by atoms with van der Waals surface area (Å²) < 4.78 is 1.75. The molecule has 23 heavy (non-hydrogen) atoms. The largest absolute Gasteiger partial charge is 0.298 e. The summed E-state index contributed by atoms with van der Waals surface area (Å²) in [7, 11) is 0. The number of hydrogen-bond donors (Lipinski definition) is 1. The number of nitrogens with one attached hydrogen (secondary N) is 1. The van der Waals surface area contributed by atoms with E-state index in [4.69, 9.17) is 0 Å². The molecule has 2 aromatic heterocycles. The number of amides is 1. The van der Waals surface area contributed by atoms with Crippen LogP contribution in [0.5, 0.6) is 0 Å². The lowest BCUT2D eigenvalue weighted by Gasteiger charge is -2.14. The number of rotatable bonds is 3. The zero-order chi connectivity index (χ0) is 16.4. The van der Waals surface area contributed by atoms with Crippen molar-refractivity contribution in [1.29, 1.82) is 0 Å². The van der Waals surface area contributed by atoms with Gasteiger partial charge in [0.1, 0.15) is 0 Å². The number of carbonyl (C=O) groups is 1. The highest BCUT2D eigenvalue weighted by molar-refractivity contribution is 7.14. The zero-order valence-corrected chi connectivity index (χ0v) is 14.1. The first-order chi connectivity index (χ1) is 10.9. The average Bonchev–Trinajstić information content (AvgIpc) is 3.18. The number of aromatic nitrogens is 3. The molecule has 0 aliphatic heterocycles. The standard InChI is InChI=1S/C17H18N4OS/c1-17(2,3)14-11-23-16(19-14)20-15(22)12-5-7-13(8-6-12)21-10-4-9-18-21/h4-11H,1-3H3,(H,19,20,22). The molecule has 1 N–H and O–H groups in total. The minimum Gasteiger partial charge on any atom is -0.298 e. The van der Waals surface area contributed by atoms with Gasteiger partial charge in [0.25, 0.3) is 5.91 Å². The van der Waals surface area contributed by atoms with Crippen LogP contribution in [0.15, 0.2) is 48.1 Å². The van der Waals surface area contributed by atoms with Gasteiger partial charge in [0.15, 0.2) is 5.13 Å². The van der Waals surface area contributed by atoms with Crippen LogP contribution in [0.25, 0.3) is 5.69 Å². The molecule has 0 unspecified atom stereocenters. The molecule has 0 aliphatic rings. The minimum atomic E-state index is -0.160. The van der Waals surface area contributed by atoms with Crippen molar-refractivity contribution in [2.45, 2.75) is 26.2 Å². The molecule has 0 saturated heterocycles. The van der Waals surface area contributed by atoms with E-state index >= 15 is 0 Å². The minimum absolute atomic E-state index is 0.0229. The lowest BCUT2D eigenvalue weighted by Crippen LogP contribution is -2.14. The van der Waals surface area contributed by atoms with E-state index in [2.05, 4.69) is 36.2 Å². The molecule has 0 bridgehead atoms. The summed E-state index contributed by atoms with van der Waals surface area (Å²) in [6, 6.07) is 9.15. The summed E-state index contributed by atoms with van der Waals surface area (Å²) in [5.74, 6) is -0.160. The Bertz CT molecular complexity index is 798. The number of carbonyl (C=O) groups excluding carboxylic acids is 1. The number of hydrogen-bond acceptors (Lipinski definition) is 4. The predicted octanol–water partition coefficient (Wildman–Crippen LogP) is 3.88. The van der Waals surface area contributed by atoms with Crippen molar-refractivity contribution in [3.05, 3.63) is 59.4 Å². The van der Waals surface area contributed by atoms with Gasteiger partial charge in [-0.2, -0.15) is 5.10 Å². The van der Waals surface area contributed by atoms with Crippen LogP contribution in [0, 0.1) is 0 Å². The predicted molar refractivity (Wildman–Crippen MR) is 92.3 cm³/mol. The van der Waals surface area contributed by atoms with E-state index in [1.54, 1.807) is 23.0 Å². The van der Waals surface area contributed by atoms with Crippen LogP contribution in [0.2, 0.25) is 0 Å². The van der Waals surface area contributed by atoms with E-state index in [9.17, 15) is 4.79 Å². The summed E-state index contributed by atoms with van der Waals surface area (Å²) in [5.41, 5.74) is 2.46. The van der Waals surface area contributed by atoms with Gasteiger partial charge in [0, 0.05) is 28.8 Å². The fourth-order valence-corrected chi connectivity index (χ4v) is 2.96. The normalized spacial score (nSPS) is 11.4. The van der Waals surface area contributed by atoms with Crippen LogP contribution in [-0.4, -0.2) is 20.7 Å². The molecule has 3 rings (SSSR count). The van der Waals surface area contributed by atoms with Crippen LogP contribution >= 0.6 is 11.3 Å². The summed E-state index contributed by atoms with van der Waals surface area (Å²) >= 11 is 1.44. The third-order valence-electron chi connectivity index (χ3n) is 3.39. The molecule has 1 aromatic carbocycles. The Labute approximate surface area is 139 Å². The van der Waals surface area contributed by atoms with Gasteiger partial charge in [-0.05, 0) is 30.3 Å². The third kappa shape index (κ3) is 3.48. The molecular weight excluding hydrogens is 308 g/mol. The summed E-state index contributed by atoms with van der Waals surface area (Å²) in [6.07, 6.45) is 3.58. The number of anilines is 1. The van der Waals surface area contributed by atoms with Crippen molar-refractivity contribution in [2.24, 2.45) is 0 Å². The molecule has 2 heterocycles. The van der Waals surface area contributed by atoms with Gasteiger partial charge in [-0.1, -0.05) is 20.8 Å². The number of thiazole rings is 1. The Morgan fingerprint density at radius 2 is 1.96 bits per heavy atom. The van der Waals surface area contributed by atoms with Crippen molar-refractivity contribution in [1.82, 2.24) is 14.8 Å². The van der Waals surface area contributed by atoms with Crippen LogP contribution in [0.4, 0.5) is 5.13 Å². The second-order valence-electron chi connectivity index (χ2n) is 6.24. The lowest BCUT2D eigenvalue weighted by molar-refractivity contribution is 0.102. The first-order valence-electron chi connectivity index (χ1n) is 7.31. The van der Waals surface area contributed by atoms with Gasteiger partial charge in [-0.15, -0.1) is 11.3 Å². The van der Waals surface area contributed by atoms with Crippen LogP contribution < -0.4 is 5.32 Å². The third-order valence-corrected chi connectivity index (χ3v) is 4.15. The highest BCUT2D eigenvalue weighted by Crippen LogP contribution is 2.26.